The SMILES string of the molecule is CC(C)(O)C(C)(C)OBc1ccc2c(c1)sc1c(-c3ccc4c5c(cccc35)-c3ccccc3-4)cccc12. The molecule has 0 amide bonds. The molecule has 0 bridgehead atoms. The number of thiophene rings is 1. The minimum absolute atomic E-state index is 0.462. The summed E-state index contributed by atoms with van der Waals surface area (Å²) in [6, 6.07) is 33.4. The zero-order valence-corrected chi connectivity index (χ0v) is 22.9. The molecule has 38 heavy (non-hydrogen) atoms. The molecule has 0 saturated heterocycles. The summed E-state index contributed by atoms with van der Waals surface area (Å²) in [5, 5.41) is 15.7. The summed E-state index contributed by atoms with van der Waals surface area (Å²) in [7, 11) is 0.462. The summed E-state index contributed by atoms with van der Waals surface area (Å²) in [5.74, 6) is 0. The summed E-state index contributed by atoms with van der Waals surface area (Å²) in [4.78, 5) is 0. The summed E-state index contributed by atoms with van der Waals surface area (Å²) in [5.41, 5.74) is 7.42. The van der Waals surface area contributed by atoms with E-state index in [1.54, 1.807) is 13.8 Å². The van der Waals surface area contributed by atoms with Gasteiger partial charge in [-0.3, -0.25) is 0 Å². The molecule has 0 aliphatic heterocycles. The summed E-state index contributed by atoms with van der Waals surface area (Å²) >= 11 is 1.85. The highest BCUT2D eigenvalue weighted by molar-refractivity contribution is 7.26. The fourth-order valence-corrected chi connectivity index (χ4v) is 6.92. The molecule has 1 aliphatic rings. The average molecular weight is 512 g/mol. The second-order valence-electron chi connectivity index (χ2n) is 11.4. The standard InChI is InChI=1S/C34H29BO2S/c1-33(2,36)34(3,4)37-35-20-15-16-24-29-14-8-13-28(32(29)38-30(24)19-20)23-17-18-27-22-10-6-5-9-21(22)25-11-7-12-26(23)31(25)27/h5-19,35-36H,1-4H3. The lowest BCUT2D eigenvalue weighted by Crippen LogP contribution is -2.49. The minimum atomic E-state index is -0.926. The third-order valence-corrected chi connectivity index (χ3v) is 9.68. The van der Waals surface area contributed by atoms with Crippen LogP contribution >= 0.6 is 11.3 Å². The first-order valence-corrected chi connectivity index (χ1v) is 14.0. The Morgan fingerprint density at radius 2 is 1.26 bits per heavy atom. The van der Waals surface area contributed by atoms with Gasteiger partial charge in [-0.05, 0) is 72.4 Å². The highest BCUT2D eigenvalue weighted by Gasteiger charge is 2.35. The first kappa shape index (κ1) is 23.7. The van der Waals surface area contributed by atoms with Crippen LogP contribution in [-0.2, 0) is 4.65 Å². The van der Waals surface area contributed by atoms with Crippen molar-refractivity contribution in [3.63, 3.8) is 0 Å². The van der Waals surface area contributed by atoms with E-state index in [0.29, 0.717) is 7.48 Å². The number of hydrogen-bond donors (Lipinski definition) is 1. The van der Waals surface area contributed by atoms with Crippen molar-refractivity contribution in [3.05, 3.63) is 91.0 Å². The first-order valence-electron chi connectivity index (χ1n) is 13.2. The van der Waals surface area contributed by atoms with Gasteiger partial charge in [0.25, 0.3) is 0 Å². The highest BCUT2D eigenvalue weighted by atomic mass is 32.1. The van der Waals surface area contributed by atoms with Gasteiger partial charge in [-0.25, -0.2) is 0 Å². The highest BCUT2D eigenvalue weighted by Crippen LogP contribution is 2.50. The Labute approximate surface area is 227 Å². The van der Waals surface area contributed by atoms with E-state index in [4.69, 9.17) is 4.65 Å². The third-order valence-electron chi connectivity index (χ3n) is 8.47. The van der Waals surface area contributed by atoms with Gasteiger partial charge in [-0.15, -0.1) is 11.3 Å². The quantitative estimate of drug-likeness (QED) is 0.236. The predicted octanol–water partition coefficient (Wildman–Crippen LogP) is 8.07. The van der Waals surface area contributed by atoms with E-state index in [9.17, 15) is 5.11 Å². The van der Waals surface area contributed by atoms with Crippen LogP contribution < -0.4 is 5.46 Å². The van der Waals surface area contributed by atoms with Crippen LogP contribution in [0.5, 0.6) is 0 Å². The lowest BCUT2D eigenvalue weighted by Gasteiger charge is -2.37. The van der Waals surface area contributed by atoms with E-state index in [-0.39, 0.29) is 0 Å². The van der Waals surface area contributed by atoms with Crippen molar-refractivity contribution in [2.24, 2.45) is 0 Å². The molecule has 0 fully saturated rings. The van der Waals surface area contributed by atoms with E-state index in [0.717, 1.165) is 5.46 Å². The van der Waals surface area contributed by atoms with Crippen LogP contribution in [0, 0.1) is 0 Å². The van der Waals surface area contributed by atoms with Gasteiger partial charge < -0.3 is 9.76 Å². The molecular formula is C34H29BO2S. The smallest absolute Gasteiger partial charge is 0.309 e. The van der Waals surface area contributed by atoms with Crippen molar-refractivity contribution in [3.8, 4) is 33.4 Å². The maximum atomic E-state index is 10.5. The molecule has 5 aromatic carbocycles. The molecule has 0 spiro atoms. The normalized spacial score (nSPS) is 13.0. The van der Waals surface area contributed by atoms with Crippen molar-refractivity contribution >= 4 is 55.2 Å². The average Bonchev–Trinajstić information content (AvgIpc) is 3.44. The topological polar surface area (TPSA) is 29.5 Å². The van der Waals surface area contributed by atoms with E-state index >= 15 is 0 Å². The molecule has 2 nitrogen and oxygen atoms in total. The molecule has 6 aromatic rings. The molecule has 1 N–H and O–H groups in total. The zero-order chi connectivity index (χ0) is 26.2. The maximum Gasteiger partial charge on any atom is 0.309 e. The van der Waals surface area contributed by atoms with Crippen LogP contribution in [0.3, 0.4) is 0 Å². The number of aliphatic hydroxyl groups is 1. The molecular weight excluding hydrogens is 483 g/mol. The van der Waals surface area contributed by atoms with Crippen LogP contribution in [0.15, 0.2) is 91.0 Å². The van der Waals surface area contributed by atoms with Crippen LogP contribution in [0.2, 0.25) is 0 Å². The fraction of sp³-hybridized carbons (Fsp3) is 0.176. The van der Waals surface area contributed by atoms with Crippen LogP contribution in [0.25, 0.3) is 64.3 Å². The maximum absolute atomic E-state index is 10.5. The Morgan fingerprint density at radius 1 is 0.632 bits per heavy atom. The Kier molecular flexibility index (Phi) is 5.16. The third kappa shape index (κ3) is 3.48. The second kappa shape index (κ2) is 8.28. The summed E-state index contributed by atoms with van der Waals surface area (Å²) < 4.78 is 8.72. The van der Waals surface area contributed by atoms with Gasteiger partial charge in [0.2, 0.25) is 0 Å². The largest absolute Gasteiger partial charge is 0.427 e. The van der Waals surface area contributed by atoms with E-state index in [1.165, 1.54) is 64.3 Å². The Morgan fingerprint density at radius 3 is 2.00 bits per heavy atom. The molecule has 4 heteroatoms. The number of hydrogen-bond acceptors (Lipinski definition) is 3. The Balaban J connectivity index is 1.35. The predicted molar refractivity (Wildman–Crippen MR) is 165 cm³/mol. The van der Waals surface area contributed by atoms with Gasteiger partial charge in [0, 0.05) is 25.7 Å². The fourth-order valence-electron chi connectivity index (χ4n) is 5.63. The van der Waals surface area contributed by atoms with Crippen molar-refractivity contribution in [1.82, 2.24) is 0 Å². The van der Waals surface area contributed by atoms with Crippen LogP contribution in [0.4, 0.5) is 0 Å². The number of benzene rings is 5. The van der Waals surface area contributed by atoms with Crippen molar-refractivity contribution < 1.29 is 9.76 Å². The lowest BCUT2D eigenvalue weighted by molar-refractivity contribution is -0.0893. The Bertz CT molecular complexity index is 1860. The molecule has 0 saturated carbocycles. The van der Waals surface area contributed by atoms with Gasteiger partial charge in [-0.2, -0.15) is 0 Å². The number of fused-ring (bicyclic) bond motifs is 6. The lowest BCUT2D eigenvalue weighted by atomic mass is 9.82. The monoisotopic (exact) mass is 512 g/mol. The van der Waals surface area contributed by atoms with Crippen molar-refractivity contribution in [1.29, 1.82) is 0 Å². The summed E-state index contributed by atoms with van der Waals surface area (Å²) in [6.45, 7) is 7.47. The van der Waals surface area contributed by atoms with Gasteiger partial charge in [-0.1, -0.05) is 90.4 Å². The molecule has 1 aromatic heterocycles. The van der Waals surface area contributed by atoms with E-state index < -0.39 is 11.2 Å². The van der Waals surface area contributed by atoms with Gasteiger partial charge in [0.15, 0.2) is 0 Å². The number of rotatable bonds is 5. The zero-order valence-electron chi connectivity index (χ0n) is 22.1. The molecule has 186 valence electrons. The van der Waals surface area contributed by atoms with Crippen LogP contribution in [-0.4, -0.2) is 23.8 Å². The summed E-state index contributed by atoms with van der Waals surface area (Å²) in [6.07, 6.45) is 0. The molecule has 7 rings (SSSR count). The molecule has 1 aliphatic carbocycles. The molecule has 1 heterocycles. The van der Waals surface area contributed by atoms with Gasteiger partial charge in [0.05, 0.1) is 11.2 Å². The van der Waals surface area contributed by atoms with Gasteiger partial charge in [0.1, 0.15) is 0 Å². The molecule has 0 atom stereocenters. The molecule has 0 radical (unpaired) electrons. The minimum Gasteiger partial charge on any atom is -0.427 e. The van der Waals surface area contributed by atoms with E-state index in [2.05, 4.69) is 91.0 Å². The second-order valence-corrected chi connectivity index (χ2v) is 12.5. The van der Waals surface area contributed by atoms with E-state index in [1.807, 2.05) is 25.2 Å². The Hall–Kier alpha value is -3.44. The van der Waals surface area contributed by atoms with Crippen molar-refractivity contribution in [2.45, 2.75) is 38.9 Å². The molecule has 0 unspecified atom stereocenters. The van der Waals surface area contributed by atoms with Crippen molar-refractivity contribution in [2.75, 3.05) is 0 Å². The van der Waals surface area contributed by atoms with Gasteiger partial charge >= 0.3 is 7.48 Å². The van der Waals surface area contributed by atoms with Crippen LogP contribution in [0.1, 0.15) is 27.7 Å². The first-order chi connectivity index (χ1) is 18.2.